The van der Waals surface area contributed by atoms with Crippen molar-refractivity contribution in [2.45, 2.75) is 18.9 Å². The van der Waals surface area contributed by atoms with E-state index in [1.807, 2.05) is 0 Å². The number of hydrazone groups is 1. The Morgan fingerprint density at radius 2 is 1.78 bits per heavy atom. The molecule has 6 N–H and O–H groups in total. The van der Waals surface area contributed by atoms with E-state index in [-0.39, 0.29) is 12.2 Å². The van der Waals surface area contributed by atoms with Crippen LogP contribution in [0.5, 0.6) is 0 Å². The average molecular weight is 442 g/mol. The second-order valence-electron chi connectivity index (χ2n) is 6.70. The quantitative estimate of drug-likeness (QED) is 0.168. The Hall–Kier alpha value is -4.48. The number of amides is 3. The molecule has 0 fully saturated rings. The Kier molecular flexibility index (Phi) is 8.22. The van der Waals surface area contributed by atoms with E-state index in [1.54, 1.807) is 24.3 Å². The largest absolute Gasteiger partial charge is 0.480 e. The van der Waals surface area contributed by atoms with E-state index < -0.39 is 34.8 Å². The van der Waals surface area contributed by atoms with Gasteiger partial charge in [0, 0.05) is 24.4 Å². The lowest BCUT2D eigenvalue weighted by molar-refractivity contribution is -0.384. The summed E-state index contributed by atoms with van der Waals surface area (Å²) in [5.41, 5.74) is 1.42. The molecular weight excluding hydrogens is 420 g/mol. The maximum atomic E-state index is 12.6. The summed E-state index contributed by atoms with van der Waals surface area (Å²) in [5.74, 6) is 2.22. The van der Waals surface area contributed by atoms with Crippen molar-refractivity contribution < 1.29 is 24.4 Å². The zero-order chi connectivity index (χ0) is 23.7. The SMILES string of the molecule is CC(NC(=O)C(CNC(=O)Nc1ccc(C=NN)cc1)c1ccc([N+](=O)[O-])cc1)C(=O)O. The molecule has 32 heavy (non-hydrogen) atoms. The number of nitrogens with one attached hydrogen (secondary N) is 3. The molecule has 2 aromatic rings. The normalized spacial score (nSPS) is 12.5. The fourth-order valence-electron chi connectivity index (χ4n) is 2.67. The monoisotopic (exact) mass is 442 g/mol. The van der Waals surface area contributed by atoms with Gasteiger partial charge in [0.05, 0.1) is 17.1 Å². The molecule has 0 aliphatic carbocycles. The topological polar surface area (TPSA) is 189 Å². The van der Waals surface area contributed by atoms with Gasteiger partial charge in [-0.05, 0) is 30.2 Å². The highest BCUT2D eigenvalue weighted by molar-refractivity contribution is 5.92. The zero-order valence-corrected chi connectivity index (χ0v) is 17.0. The minimum absolute atomic E-state index is 0.166. The zero-order valence-electron chi connectivity index (χ0n) is 17.0. The number of aliphatic carboxylic acids is 1. The number of carboxylic acids is 1. The first-order valence-corrected chi connectivity index (χ1v) is 9.37. The second-order valence-corrected chi connectivity index (χ2v) is 6.70. The molecule has 0 aliphatic heterocycles. The Bertz CT molecular complexity index is 1010. The lowest BCUT2D eigenvalue weighted by Gasteiger charge is -2.19. The number of nitro benzene ring substituents is 1. The third-order valence-electron chi connectivity index (χ3n) is 4.41. The number of nitrogens with two attached hydrogens (primary N) is 1. The van der Waals surface area contributed by atoms with Crippen LogP contribution in [0, 0.1) is 10.1 Å². The third-order valence-corrected chi connectivity index (χ3v) is 4.41. The summed E-state index contributed by atoms with van der Waals surface area (Å²) >= 11 is 0. The Balaban J connectivity index is 2.11. The highest BCUT2D eigenvalue weighted by atomic mass is 16.6. The summed E-state index contributed by atoms with van der Waals surface area (Å²) in [4.78, 5) is 46.3. The summed E-state index contributed by atoms with van der Waals surface area (Å²) in [5, 5.41) is 30.8. The standard InChI is InChI=1S/C20H22N6O6/c1-12(19(28)29)24-18(27)17(14-4-8-16(9-5-14)26(31)32)11-22-20(30)25-15-6-2-13(3-7-15)10-23-21/h2-10,12,17H,11,21H2,1H3,(H,24,27)(H,28,29)(H2,22,25,30). The molecule has 0 aromatic heterocycles. The van der Waals surface area contributed by atoms with Crippen LogP contribution < -0.4 is 21.8 Å². The van der Waals surface area contributed by atoms with Gasteiger partial charge in [-0.2, -0.15) is 5.10 Å². The van der Waals surface area contributed by atoms with Crippen LogP contribution in [0.4, 0.5) is 16.2 Å². The van der Waals surface area contributed by atoms with Crippen LogP contribution in [0.2, 0.25) is 0 Å². The molecule has 2 atom stereocenters. The number of hydrogen-bond donors (Lipinski definition) is 5. The molecule has 12 heteroatoms. The fraction of sp³-hybridized carbons (Fsp3) is 0.200. The maximum absolute atomic E-state index is 12.6. The Labute approximate surface area is 182 Å². The number of hydrogen-bond acceptors (Lipinski definition) is 7. The van der Waals surface area contributed by atoms with Crippen molar-refractivity contribution in [3.8, 4) is 0 Å². The van der Waals surface area contributed by atoms with Gasteiger partial charge in [-0.15, -0.1) is 0 Å². The Morgan fingerprint density at radius 1 is 1.16 bits per heavy atom. The molecule has 0 spiro atoms. The van der Waals surface area contributed by atoms with Crippen molar-refractivity contribution >= 4 is 35.5 Å². The number of carbonyl (C=O) groups excluding carboxylic acids is 2. The van der Waals surface area contributed by atoms with E-state index in [0.717, 1.165) is 5.56 Å². The van der Waals surface area contributed by atoms with Crippen LogP contribution >= 0.6 is 0 Å². The number of carbonyl (C=O) groups is 3. The molecule has 0 aliphatic rings. The van der Waals surface area contributed by atoms with Gasteiger partial charge in [0.25, 0.3) is 5.69 Å². The van der Waals surface area contributed by atoms with Crippen LogP contribution in [0.1, 0.15) is 24.0 Å². The van der Waals surface area contributed by atoms with Crippen molar-refractivity contribution in [2.75, 3.05) is 11.9 Å². The highest BCUT2D eigenvalue weighted by Gasteiger charge is 2.25. The minimum atomic E-state index is -1.23. The predicted molar refractivity (Wildman–Crippen MR) is 116 cm³/mol. The third kappa shape index (κ3) is 6.79. The number of anilines is 1. The van der Waals surface area contributed by atoms with E-state index in [2.05, 4.69) is 21.1 Å². The van der Waals surface area contributed by atoms with Crippen LogP contribution in [-0.4, -0.2) is 46.7 Å². The molecule has 0 radical (unpaired) electrons. The molecule has 0 heterocycles. The second kappa shape index (κ2) is 11.1. The summed E-state index contributed by atoms with van der Waals surface area (Å²) < 4.78 is 0. The first kappa shape index (κ1) is 23.8. The number of rotatable bonds is 9. The highest BCUT2D eigenvalue weighted by Crippen LogP contribution is 2.20. The van der Waals surface area contributed by atoms with Crippen LogP contribution in [-0.2, 0) is 9.59 Å². The lowest BCUT2D eigenvalue weighted by atomic mass is 9.97. The van der Waals surface area contributed by atoms with Crippen molar-refractivity contribution in [1.29, 1.82) is 0 Å². The van der Waals surface area contributed by atoms with Crippen LogP contribution in [0.3, 0.4) is 0 Å². The van der Waals surface area contributed by atoms with E-state index in [0.29, 0.717) is 11.3 Å². The van der Waals surface area contributed by atoms with Crippen LogP contribution in [0.25, 0.3) is 0 Å². The first-order chi connectivity index (χ1) is 15.2. The molecule has 2 aromatic carbocycles. The summed E-state index contributed by atoms with van der Waals surface area (Å²) in [6.07, 6.45) is 1.44. The fourth-order valence-corrected chi connectivity index (χ4v) is 2.67. The van der Waals surface area contributed by atoms with E-state index in [9.17, 15) is 24.5 Å². The molecule has 0 saturated heterocycles. The molecule has 0 saturated carbocycles. The molecule has 3 amide bonds. The van der Waals surface area contributed by atoms with Crippen LogP contribution in [0.15, 0.2) is 53.6 Å². The predicted octanol–water partition coefficient (Wildman–Crippen LogP) is 1.38. The van der Waals surface area contributed by atoms with E-state index in [1.165, 1.54) is 37.4 Å². The van der Waals surface area contributed by atoms with Gasteiger partial charge in [0.2, 0.25) is 5.91 Å². The summed E-state index contributed by atoms with van der Waals surface area (Å²) in [6, 6.07) is 10.1. The van der Waals surface area contributed by atoms with E-state index in [4.69, 9.17) is 10.9 Å². The van der Waals surface area contributed by atoms with Gasteiger partial charge in [0.15, 0.2) is 0 Å². The number of urea groups is 1. The minimum Gasteiger partial charge on any atom is -0.480 e. The van der Waals surface area contributed by atoms with Gasteiger partial charge in [0.1, 0.15) is 6.04 Å². The molecule has 168 valence electrons. The summed E-state index contributed by atoms with van der Waals surface area (Å²) in [7, 11) is 0. The molecule has 12 nitrogen and oxygen atoms in total. The molecule has 0 bridgehead atoms. The lowest BCUT2D eigenvalue weighted by Crippen LogP contribution is -2.44. The smallest absolute Gasteiger partial charge is 0.325 e. The number of non-ortho nitro benzene ring substituents is 1. The van der Waals surface area contributed by atoms with Crippen molar-refractivity contribution in [3.05, 3.63) is 69.8 Å². The van der Waals surface area contributed by atoms with Gasteiger partial charge in [-0.1, -0.05) is 24.3 Å². The molecule has 2 unspecified atom stereocenters. The Morgan fingerprint density at radius 3 is 2.31 bits per heavy atom. The van der Waals surface area contributed by atoms with Gasteiger partial charge in [-0.25, -0.2) is 4.79 Å². The number of carboxylic acid groups (broad SMARTS) is 1. The molecule has 2 rings (SSSR count). The van der Waals surface area contributed by atoms with Gasteiger partial charge >= 0.3 is 12.0 Å². The first-order valence-electron chi connectivity index (χ1n) is 9.37. The number of benzene rings is 2. The maximum Gasteiger partial charge on any atom is 0.325 e. The van der Waals surface area contributed by atoms with Crippen molar-refractivity contribution in [1.82, 2.24) is 10.6 Å². The number of nitrogens with zero attached hydrogens (tertiary/aromatic N) is 2. The van der Waals surface area contributed by atoms with Gasteiger partial charge in [-0.3, -0.25) is 19.7 Å². The molecular formula is C20H22N6O6. The van der Waals surface area contributed by atoms with Crippen molar-refractivity contribution in [3.63, 3.8) is 0 Å². The average Bonchev–Trinajstić information content (AvgIpc) is 2.75. The van der Waals surface area contributed by atoms with Crippen molar-refractivity contribution in [2.24, 2.45) is 10.9 Å². The van der Waals surface area contributed by atoms with Gasteiger partial charge < -0.3 is 26.9 Å². The summed E-state index contributed by atoms with van der Waals surface area (Å²) in [6.45, 7) is 1.12. The van der Waals surface area contributed by atoms with E-state index >= 15 is 0 Å². The number of nitro groups is 1.